The van der Waals surface area contributed by atoms with E-state index in [1.807, 2.05) is 18.3 Å². The Morgan fingerprint density at radius 2 is 2.00 bits per heavy atom. The van der Waals surface area contributed by atoms with Crippen molar-refractivity contribution in [3.63, 3.8) is 0 Å². The molecule has 1 fully saturated rings. The summed E-state index contributed by atoms with van der Waals surface area (Å²) in [5.41, 5.74) is 8.42. The Bertz CT molecular complexity index is 972. The number of rotatable bonds is 10. The van der Waals surface area contributed by atoms with Gasteiger partial charge in [0.05, 0.1) is 16.9 Å². The molecule has 3 heterocycles. The predicted molar refractivity (Wildman–Crippen MR) is 130 cm³/mol. The van der Waals surface area contributed by atoms with Gasteiger partial charge in [0, 0.05) is 35.2 Å². The molecule has 7 heteroatoms. The number of aromatic nitrogens is 3. The number of para-hydroxylation sites is 1. The molecule has 0 aliphatic carbocycles. The van der Waals surface area contributed by atoms with Crippen LogP contribution in [0.3, 0.4) is 0 Å². The topological polar surface area (TPSA) is 82.9 Å². The quantitative estimate of drug-likeness (QED) is 0.383. The summed E-state index contributed by atoms with van der Waals surface area (Å²) in [6.07, 6.45) is 12.3. The summed E-state index contributed by atoms with van der Waals surface area (Å²) in [7, 11) is 0. The molecule has 1 aliphatic rings. The predicted octanol–water partition coefficient (Wildman–Crippen LogP) is 5.06. The number of nitrogens with zero attached hydrogens (tertiary/aromatic N) is 3. The Balaban J connectivity index is 1.36. The fourth-order valence-corrected chi connectivity index (χ4v) is 4.65. The molecule has 2 aromatic heterocycles. The van der Waals surface area contributed by atoms with Gasteiger partial charge in [0.15, 0.2) is 0 Å². The van der Waals surface area contributed by atoms with Crippen molar-refractivity contribution in [2.45, 2.75) is 51.0 Å². The molecule has 0 saturated carbocycles. The first-order valence-corrected chi connectivity index (χ1v) is 11.9. The summed E-state index contributed by atoms with van der Waals surface area (Å²) in [6.45, 7) is 4.21. The highest BCUT2D eigenvalue weighted by Gasteiger charge is 2.21. The number of halogens is 1. The Kier molecular flexibility index (Phi) is 7.78. The van der Waals surface area contributed by atoms with Gasteiger partial charge in [-0.25, -0.2) is 9.97 Å². The molecule has 4 N–H and O–H groups in total. The molecule has 1 aromatic carbocycles. The molecule has 1 aliphatic heterocycles. The number of nitrogens with one attached hydrogen (secondary N) is 2. The number of H-pyrrole nitrogens is 1. The zero-order chi connectivity index (χ0) is 21.5. The van der Waals surface area contributed by atoms with Crippen LogP contribution in [-0.4, -0.2) is 52.1 Å². The number of anilines is 1. The Hall–Kier alpha value is -2.15. The molecule has 1 atom stereocenters. The molecular weight excluding hydrogens is 408 g/mol. The number of aromatic amines is 1. The fourth-order valence-electron chi connectivity index (χ4n) is 4.46. The first-order valence-electron chi connectivity index (χ1n) is 11.5. The number of fused-ring (bicyclic) bond motifs is 1. The summed E-state index contributed by atoms with van der Waals surface area (Å²) in [6, 6.07) is 8.56. The van der Waals surface area contributed by atoms with Gasteiger partial charge in [-0.1, -0.05) is 49.1 Å². The Labute approximate surface area is 189 Å². The van der Waals surface area contributed by atoms with Gasteiger partial charge in [0.1, 0.15) is 0 Å². The minimum Gasteiger partial charge on any atom is -0.360 e. The smallest absolute Gasteiger partial charge is 0.223 e. The second-order valence-electron chi connectivity index (χ2n) is 8.48. The third-order valence-corrected chi connectivity index (χ3v) is 6.38. The van der Waals surface area contributed by atoms with Crippen LogP contribution in [0.25, 0.3) is 22.2 Å². The molecule has 0 spiro atoms. The molecule has 6 nitrogen and oxygen atoms in total. The molecule has 1 unspecified atom stereocenters. The van der Waals surface area contributed by atoms with Crippen LogP contribution >= 0.6 is 11.6 Å². The van der Waals surface area contributed by atoms with Gasteiger partial charge in [-0.2, -0.15) is 0 Å². The highest BCUT2D eigenvalue weighted by Crippen LogP contribution is 2.32. The minimum atomic E-state index is 0.364. The SMILES string of the molecule is NCCCCCCCN1CCCC(Nc2ncc(Cl)c(-c3c[nH]c4ccccc34)n2)C1. The third kappa shape index (κ3) is 5.76. The van der Waals surface area contributed by atoms with Crippen LogP contribution in [0.5, 0.6) is 0 Å². The average Bonchev–Trinajstić information content (AvgIpc) is 3.22. The highest BCUT2D eigenvalue weighted by molar-refractivity contribution is 6.33. The Morgan fingerprint density at radius 1 is 1.16 bits per heavy atom. The van der Waals surface area contributed by atoms with Crippen LogP contribution in [0.1, 0.15) is 44.9 Å². The number of nitrogens with two attached hydrogens (primary N) is 1. The molecule has 1 saturated heterocycles. The Morgan fingerprint density at radius 3 is 2.90 bits per heavy atom. The van der Waals surface area contributed by atoms with Crippen LogP contribution < -0.4 is 11.1 Å². The van der Waals surface area contributed by atoms with Gasteiger partial charge in [0.2, 0.25) is 5.95 Å². The van der Waals surface area contributed by atoms with E-state index in [2.05, 4.69) is 32.3 Å². The van der Waals surface area contributed by atoms with Crippen LogP contribution in [0.4, 0.5) is 5.95 Å². The van der Waals surface area contributed by atoms with E-state index < -0.39 is 0 Å². The molecular formula is C24H33ClN6. The zero-order valence-corrected chi connectivity index (χ0v) is 18.9. The van der Waals surface area contributed by atoms with E-state index in [-0.39, 0.29) is 0 Å². The normalized spacial score (nSPS) is 17.3. The summed E-state index contributed by atoms with van der Waals surface area (Å²) in [5, 5.41) is 5.24. The van der Waals surface area contributed by atoms with E-state index in [1.165, 1.54) is 45.2 Å². The second kappa shape index (κ2) is 10.9. The summed E-state index contributed by atoms with van der Waals surface area (Å²) >= 11 is 6.47. The van der Waals surface area contributed by atoms with E-state index in [1.54, 1.807) is 6.20 Å². The lowest BCUT2D eigenvalue weighted by Crippen LogP contribution is -2.42. The van der Waals surface area contributed by atoms with Crippen LogP contribution in [0.15, 0.2) is 36.7 Å². The maximum atomic E-state index is 6.47. The van der Waals surface area contributed by atoms with Gasteiger partial charge in [-0.15, -0.1) is 0 Å². The third-order valence-electron chi connectivity index (χ3n) is 6.11. The first-order chi connectivity index (χ1) is 15.2. The average molecular weight is 441 g/mol. The lowest BCUT2D eigenvalue weighted by atomic mass is 10.0. The standard InChI is InChI=1S/C24H33ClN6/c25-21-16-28-24(30-23(21)20-15-27-22-11-5-4-10-19(20)22)29-18-9-8-14-31(17-18)13-7-3-1-2-6-12-26/h4-5,10-11,15-16,18,27H,1-3,6-9,12-14,17,26H2,(H,28,29,30). The van der Waals surface area contributed by atoms with Crippen molar-refractivity contribution in [3.8, 4) is 11.3 Å². The molecule has 4 rings (SSSR count). The fraction of sp³-hybridized carbons (Fsp3) is 0.500. The van der Waals surface area contributed by atoms with Gasteiger partial charge in [-0.05, 0) is 51.4 Å². The molecule has 0 amide bonds. The van der Waals surface area contributed by atoms with Crippen molar-refractivity contribution < 1.29 is 0 Å². The number of likely N-dealkylation sites (tertiary alicyclic amines) is 1. The summed E-state index contributed by atoms with van der Waals surface area (Å²) in [5.74, 6) is 0.651. The van der Waals surface area contributed by atoms with E-state index in [4.69, 9.17) is 22.3 Å². The van der Waals surface area contributed by atoms with Crippen molar-refractivity contribution >= 4 is 28.5 Å². The molecule has 166 valence electrons. The van der Waals surface area contributed by atoms with Crippen LogP contribution in [0, 0.1) is 0 Å². The van der Waals surface area contributed by atoms with E-state index >= 15 is 0 Å². The van der Waals surface area contributed by atoms with Gasteiger partial charge in [-0.3, -0.25) is 0 Å². The van der Waals surface area contributed by atoms with Crippen LogP contribution in [0.2, 0.25) is 5.02 Å². The van der Waals surface area contributed by atoms with Crippen molar-refractivity contribution in [2.75, 3.05) is 31.5 Å². The van der Waals surface area contributed by atoms with Gasteiger partial charge < -0.3 is 20.9 Å². The zero-order valence-electron chi connectivity index (χ0n) is 18.1. The summed E-state index contributed by atoms with van der Waals surface area (Å²) in [4.78, 5) is 15.1. The first kappa shape index (κ1) is 22.1. The minimum absolute atomic E-state index is 0.364. The lowest BCUT2D eigenvalue weighted by molar-refractivity contribution is 0.211. The lowest BCUT2D eigenvalue weighted by Gasteiger charge is -2.33. The molecule has 3 aromatic rings. The van der Waals surface area contributed by atoms with Crippen molar-refractivity contribution in [1.82, 2.24) is 19.9 Å². The van der Waals surface area contributed by atoms with Gasteiger partial charge in [0.25, 0.3) is 0 Å². The van der Waals surface area contributed by atoms with E-state index in [9.17, 15) is 0 Å². The molecule has 0 radical (unpaired) electrons. The number of benzene rings is 1. The van der Waals surface area contributed by atoms with Crippen molar-refractivity contribution in [1.29, 1.82) is 0 Å². The molecule has 31 heavy (non-hydrogen) atoms. The van der Waals surface area contributed by atoms with Crippen molar-refractivity contribution in [2.24, 2.45) is 5.73 Å². The highest BCUT2D eigenvalue weighted by atomic mass is 35.5. The number of hydrogen-bond acceptors (Lipinski definition) is 5. The monoisotopic (exact) mass is 440 g/mol. The number of piperidine rings is 1. The van der Waals surface area contributed by atoms with E-state index in [0.717, 1.165) is 48.1 Å². The van der Waals surface area contributed by atoms with Crippen molar-refractivity contribution in [3.05, 3.63) is 41.7 Å². The maximum absolute atomic E-state index is 6.47. The maximum Gasteiger partial charge on any atom is 0.223 e. The largest absolute Gasteiger partial charge is 0.360 e. The number of unbranched alkanes of at least 4 members (excludes halogenated alkanes) is 4. The molecule has 0 bridgehead atoms. The van der Waals surface area contributed by atoms with Gasteiger partial charge >= 0.3 is 0 Å². The number of hydrogen-bond donors (Lipinski definition) is 3. The second-order valence-corrected chi connectivity index (χ2v) is 8.89. The van der Waals surface area contributed by atoms with Crippen LogP contribution in [-0.2, 0) is 0 Å². The summed E-state index contributed by atoms with van der Waals surface area (Å²) < 4.78 is 0. The van der Waals surface area contributed by atoms with E-state index in [0.29, 0.717) is 17.0 Å².